The summed E-state index contributed by atoms with van der Waals surface area (Å²) in [4.78, 5) is 1.23. The highest BCUT2D eigenvalue weighted by Gasteiger charge is 2.43. The third kappa shape index (κ3) is 29.7. The highest BCUT2D eigenvalue weighted by atomic mass is 32.3. The van der Waals surface area contributed by atoms with Gasteiger partial charge < -0.3 is 15.3 Å². The predicted molar refractivity (Wildman–Crippen MR) is 132 cm³/mol. The summed E-state index contributed by atoms with van der Waals surface area (Å²) in [5, 5.41) is 29.3. The van der Waals surface area contributed by atoms with Crippen LogP contribution < -0.4 is 0 Å². The minimum Gasteiger partial charge on any atom is -0.376 e. The molecule has 5 N–H and O–H groups in total. The Labute approximate surface area is 198 Å². The lowest BCUT2D eigenvalue weighted by atomic mass is 10.1. The van der Waals surface area contributed by atoms with Crippen molar-refractivity contribution in [2.24, 2.45) is 0 Å². The molecule has 0 radical (unpaired) electrons. The zero-order valence-electron chi connectivity index (χ0n) is 21.9. The van der Waals surface area contributed by atoms with Crippen LogP contribution in [0, 0.1) is 0 Å². The van der Waals surface area contributed by atoms with Gasteiger partial charge in [-0.3, -0.25) is 9.11 Å². The standard InChI is InChI=1S/C14H30.C9H21NO3.H2O4S/c1-3-5-7-9-11-13-14-12-10-8-6-4-2;1-7(2,11)10(8(3,4)12)9(5,6)13;1-5(2,3)4/h3-14H2,1-2H3;11-13H,1-6H3;(H2,1,2,3,4). The summed E-state index contributed by atoms with van der Waals surface area (Å²) in [7, 11) is -4.67. The predicted octanol–water partition coefficient (Wildman–Crippen LogP) is 5.53. The summed E-state index contributed by atoms with van der Waals surface area (Å²) in [5.41, 5.74) is -3.84. The van der Waals surface area contributed by atoms with Crippen LogP contribution in [0.2, 0.25) is 0 Å². The molecular formula is C23H53NO7S. The first kappa shape index (κ1) is 36.3. The quantitative estimate of drug-likeness (QED) is 0.122. The van der Waals surface area contributed by atoms with Crippen molar-refractivity contribution in [3.05, 3.63) is 0 Å². The fourth-order valence-electron chi connectivity index (χ4n) is 3.92. The van der Waals surface area contributed by atoms with Gasteiger partial charge in [0.2, 0.25) is 0 Å². The maximum absolute atomic E-state index is 9.75. The van der Waals surface area contributed by atoms with E-state index in [1.807, 2.05) is 0 Å². The molecule has 0 aliphatic carbocycles. The third-order valence-corrected chi connectivity index (χ3v) is 4.60. The van der Waals surface area contributed by atoms with Gasteiger partial charge in [-0.15, -0.1) is 0 Å². The largest absolute Gasteiger partial charge is 0.394 e. The van der Waals surface area contributed by atoms with Gasteiger partial charge in [-0.05, 0) is 41.5 Å². The molecule has 0 rings (SSSR count). The smallest absolute Gasteiger partial charge is 0.376 e. The van der Waals surface area contributed by atoms with E-state index in [-0.39, 0.29) is 0 Å². The van der Waals surface area contributed by atoms with Gasteiger partial charge in [-0.1, -0.05) is 90.9 Å². The Morgan fingerprint density at radius 1 is 0.531 bits per heavy atom. The fraction of sp³-hybridized carbons (Fsp3) is 1.00. The van der Waals surface area contributed by atoms with E-state index in [9.17, 15) is 15.3 Å². The summed E-state index contributed by atoms with van der Waals surface area (Å²) in [6.45, 7) is 13.7. The normalized spacial score (nSPS) is 12.7. The summed E-state index contributed by atoms with van der Waals surface area (Å²) in [6.07, 6.45) is 17.4. The van der Waals surface area contributed by atoms with E-state index in [2.05, 4.69) is 13.8 Å². The van der Waals surface area contributed by atoms with Crippen molar-refractivity contribution in [3.8, 4) is 0 Å². The van der Waals surface area contributed by atoms with Crippen molar-refractivity contribution in [2.75, 3.05) is 0 Å². The molecule has 0 atom stereocenters. The van der Waals surface area contributed by atoms with Crippen LogP contribution >= 0.6 is 0 Å². The van der Waals surface area contributed by atoms with Gasteiger partial charge in [0.15, 0.2) is 0 Å². The van der Waals surface area contributed by atoms with E-state index >= 15 is 0 Å². The van der Waals surface area contributed by atoms with E-state index in [1.54, 1.807) is 0 Å². The first-order valence-electron chi connectivity index (χ1n) is 12.0. The highest BCUT2D eigenvalue weighted by Crippen LogP contribution is 2.29. The lowest BCUT2D eigenvalue weighted by Crippen LogP contribution is -2.64. The number of hydrogen-bond donors (Lipinski definition) is 5. The topological polar surface area (TPSA) is 139 Å². The number of aliphatic hydroxyl groups is 3. The SMILES string of the molecule is CC(C)(O)N(C(C)(C)O)C(C)(C)O.CCCCCCCCCCCCCC.O=S(=O)(O)O. The van der Waals surface area contributed by atoms with Crippen molar-refractivity contribution in [3.63, 3.8) is 0 Å². The van der Waals surface area contributed by atoms with Crippen LogP contribution in [0.15, 0.2) is 0 Å². The molecule has 0 aliphatic heterocycles. The zero-order chi connectivity index (χ0) is 26.1. The summed E-state index contributed by atoms with van der Waals surface area (Å²) in [6, 6.07) is 0. The Morgan fingerprint density at radius 3 is 0.781 bits per heavy atom. The molecular weight excluding hydrogens is 434 g/mol. The first-order valence-corrected chi connectivity index (χ1v) is 13.4. The molecule has 0 unspecified atom stereocenters. The van der Waals surface area contributed by atoms with Crippen LogP contribution in [0.4, 0.5) is 0 Å². The van der Waals surface area contributed by atoms with Crippen molar-refractivity contribution < 1.29 is 32.8 Å². The van der Waals surface area contributed by atoms with Crippen LogP contribution in [-0.4, -0.2) is 54.9 Å². The van der Waals surface area contributed by atoms with Crippen LogP contribution in [0.5, 0.6) is 0 Å². The molecule has 198 valence electrons. The molecule has 0 spiro atoms. The van der Waals surface area contributed by atoms with Gasteiger partial charge >= 0.3 is 10.4 Å². The summed E-state index contributed by atoms with van der Waals surface area (Å²) >= 11 is 0. The fourth-order valence-corrected chi connectivity index (χ4v) is 3.92. The molecule has 0 heterocycles. The van der Waals surface area contributed by atoms with Gasteiger partial charge in [0, 0.05) is 0 Å². The Balaban J connectivity index is -0.000000436. The minimum atomic E-state index is -4.67. The van der Waals surface area contributed by atoms with Crippen LogP contribution in [-0.2, 0) is 10.4 Å². The van der Waals surface area contributed by atoms with Gasteiger partial charge in [0.25, 0.3) is 0 Å². The Hall–Kier alpha value is -0.290. The molecule has 8 nitrogen and oxygen atoms in total. The molecule has 0 bridgehead atoms. The summed E-state index contributed by atoms with van der Waals surface area (Å²) in [5.74, 6) is 0. The molecule has 0 saturated carbocycles. The number of hydrogen-bond acceptors (Lipinski definition) is 6. The zero-order valence-corrected chi connectivity index (χ0v) is 22.7. The van der Waals surface area contributed by atoms with Crippen LogP contribution in [0.1, 0.15) is 132 Å². The lowest BCUT2D eigenvalue weighted by molar-refractivity contribution is -0.288. The van der Waals surface area contributed by atoms with Crippen LogP contribution in [0.3, 0.4) is 0 Å². The first-order chi connectivity index (χ1) is 14.3. The molecule has 0 aromatic rings. The maximum atomic E-state index is 9.75. The monoisotopic (exact) mass is 487 g/mol. The third-order valence-electron chi connectivity index (χ3n) is 4.60. The van der Waals surface area contributed by atoms with Gasteiger partial charge in [-0.25, -0.2) is 4.90 Å². The molecule has 0 aromatic carbocycles. The van der Waals surface area contributed by atoms with E-state index in [1.165, 1.54) is 123 Å². The van der Waals surface area contributed by atoms with Gasteiger partial charge in [0.1, 0.15) is 17.2 Å². The minimum absolute atomic E-state index is 1.23. The highest BCUT2D eigenvalue weighted by molar-refractivity contribution is 7.79. The second kappa shape index (κ2) is 18.1. The summed E-state index contributed by atoms with van der Waals surface area (Å²) < 4.78 is 31.6. The lowest BCUT2D eigenvalue weighted by Gasteiger charge is -2.49. The maximum Gasteiger partial charge on any atom is 0.394 e. The van der Waals surface area contributed by atoms with Crippen LogP contribution in [0.25, 0.3) is 0 Å². The molecule has 0 saturated heterocycles. The molecule has 32 heavy (non-hydrogen) atoms. The van der Waals surface area contributed by atoms with Crippen molar-refractivity contribution in [1.29, 1.82) is 0 Å². The van der Waals surface area contributed by atoms with E-state index in [0.717, 1.165) is 0 Å². The molecule has 0 aromatic heterocycles. The molecule has 0 aliphatic rings. The molecule has 9 heteroatoms. The second-order valence-corrected chi connectivity index (χ2v) is 10.7. The van der Waals surface area contributed by atoms with Gasteiger partial charge in [0.05, 0.1) is 0 Å². The molecule has 0 fully saturated rings. The Morgan fingerprint density at radius 2 is 0.688 bits per heavy atom. The van der Waals surface area contributed by atoms with Crippen molar-refractivity contribution in [2.45, 2.75) is 150 Å². The molecule has 0 amide bonds. The number of unbranched alkanes of at least 4 members (excludes halogenated alkanes) is 11. The Kier molecular flexibility index (Phi) is 20.5. The van der Waals surface area contributed by atoms with E-state index in [4.69, 9.17) is 17.5 Å². The van der Waals surface area contributed by atoms with Gasteiger partial charge in [-0.2, -0.15) is 8.42 Å². The number of nitrogens with zero attached hydrogens (tertiary/aromatic N) is 1. The van der Waals surface area contributed by atoms with Crippen molar-refractivity contribution in [1.82, 2.24) is 4.90 Å². The van der Waals surface area contributed by atoms with E-state index < -0.39 is 27.6 Å². The average Bonchev–Trinajstić information content (AvgIpc) is 2.51. The van der Waals surface area contributed by atoms with Crippen molar-refractivity contribution >= 4 is 10.4 Å². The number of rotatable bonds is 14. The second-order valence-electron chi connectivity index (χ2n) is 9.80. The van der Waals surface area contributed by atoms with E-state index in [0.29, 0.717) is 0 Å². The Bertz CT molecular complexity index is 465. The average molecular weight is 488 g/mol.